The first kappa shape index (κ1) is 32.8. The SMILES string of the molecule is CCC(CO)(CO)CO.O=C(O)CCO.O=C(O)CCO.O=C(O)CCO. The lowest BCUT2D eigenvalue weighted by Crippen LogP contribution is -2.32. The third kappa shape index (κ3) is 32.3. The Morgan fingerprint density at radius 2 is 0.815 bits per heavy atom. The summed E-state index contributed by atoms with van der Waals surface area (Å²) in [6.45, 7) is 0.548. The fourth-order valence-corrected chi connectivity index (χ4v) is 0.772. The summed E-state index contributed by atoms with van der Waals surface area (Å²) in [5.74, 6) is -2.88. The number of carboxylic acid groups (broad SMARTS) is 3. The van der Waals surface area contributed by atoms with Gasteiger partial charge in [-0.25, -0.2) is 0 Å². The number of aliphatic hydroxyl groups excluding tert-OH is 6. The summed E-state index contributed by atoms with van der Waals surface area (Å²) < 4.78 is 0. The van der Waals surface area contributed by atoms with Crippen molar-refractivity contribution in [1.29, 1.82) is 0 Å². The van der Waals surface area contributed by atoms with E-state index in [2.05, 4.69) is 0 Å². The number of carbonyl (C=O) groups is 3. The highest BCUT2D eigenvalue weighted by molar-refractivity contribution is 5.67. The van der Waals surface area contributed by atoms with E-state index in [4.69, 9.17) is 46.0 Å². The van der Waals surface area contributed by atoms with E-state index in [1.54, 1.807) is 0 Å². The van der Waals surface area contributed by atoms with Crippen LogP contribution in [0.25, 0.3) is 0 Å². The molecule has 12 heteroatoms. The van der Waals surface area contributed by atoms with Crippen molar-refractivity contribution < 1.29 is 60.3 Å². The minimum absolute atomic E-state index is 0.153. The molecule has 0 amide bonds. The zero-order valence-electron chi connectivity index (χ0n) is 15.3. The van der Waals surface area contributed by atoms with E-state index >= 15 is 0 Å². The van der Waals surface area contributed by atoms with Crippen molar-refractivity contribution in [3.05, 3.63) is 0 Å². The Kier molecular flexibility index (Phi) is 29.4. The van der Waals surface area contributed by atoms with Crippen LogP contribution in [0.5, 0.6) is 0 Å². The van der Waals surface area contributed by atoms with E-state index in [-0.39, 0.29) is 58.9 Å². The van der Waals surface area contributed by atoms with Gasteiger partial charge in [0.15, 0.2) is 0 Å². The average molecular weight is 404 g/mol. The smallest absolute Gasteiger partial charge is 0.305 e. The third-order valence-corrected chi connectivity index (χ3v) is 2.73. The van der Waals surface area contributed by atoms with Gasteiger partial charge in [0.25, 0.3) is 0 Å². The molecule has 0 saturated carbocycles. The monoisotopic (exact) mass is 404 g/mol. The summed E-state index contributed by atoms with van der Waals surface area (Å²) in [7, 11) is 0. The Labute approximate surface area is 156 Å². The summed E-state index contributed by atoms with van der Waals surface area (Å²) in [6.07, 6.45) is 0.135. The first-order chi connectivity index (χ1) is 12.6. The molecule has 0 aliphatic heterocycles. The van der Waals surface area contributed by atoms with Crippen LogP contribution in [0.4, 0.5) is 0 Å². The van der Waals surface area contributed by atoms with Gasteiger partial charge in [0, 0.05) is 5.41 Å². The lowest BCUT2D eigenvalue weighted by molar-refractivity contribution is -0.138. The number of hydrogen-bond donors (Lipinski definition) is 9. The lowest BCUT2D eigenvalue weighted by atomic mass is 9.88. The van der Waals surface area contributed by atoms with Gasteiger partial charge in [-0.1, -0.05) is 6.92 Å². The largest absolute Gasteiger partial charge is 0.481 e. The predicted molar refractivity (Wildman–Crippen MR) is 92.0 cm³/mol. The number of carboxylic acids is 3. The second-order valence-corrected chi connectivity index (χ2v) is 4.93. The van der Waals surface area contributed by atoms with Crippen molar-refractivity contribution >= 4 is 17.9 Å². The van der Waals surface area contributed by atoms with E-state index < -0.39 is 23.3 Å². The Morgan fingerprint density at radius 1 is 0.593 bits per heavy atom. The van der Waals surface area contributed by atoms with Crippen molar-refractivity contribution in [3.63, 3.8) is 0 Å². The van der Waals surface area contributed by atoms with Gasteiger partial charge in [-0.3, -0.25) is 14.4 Å². The van der Waals surface area contributed by atoms with E-state index in [1.807, 2.05) is 6.92 Å². The summed E-state index contributed by atoms with van der Waals surface area (Å²) in [5.41, 5.74) is -0.667. The van der Waals surface area contributed by atoms with Crippen LogP contribution in [0, 0.1) is 5.41 Å². The van der Waals surface area contributed by atoms with Crippen LogP contribution in [0.3, 0.4) is 0 Å². The number of aliphatic carboxylic acids is 3. The van der Waals surface area contributed by atoms with Crippen molar-refractivity contribution in [2.45, 2.75) is 32.6 Å². The molecule has 0 atom stereocenters. The maximum Gasteiger partial charge on any atom is 0.305 e. The highest BCUT2D eigenvalue weighted by atomic mass is 16.4. The second kappa shape index (κ2) is 24.2. The molecule has 27 heavy (non-hydrogen) atoms. The summed E-state index contributed by atoms with van der Waals surface area (Å²) in [6, 6.07) is 0. The van der Waals surface area contributed by atoms with Gasteiger partial charge in [-0.2, -0.15) is 0 Å². The first-order valence-corrected chi connectivity index (χ1v) is 7.86. The molecule has 0 aromatic rings. The van der Waals surface area contributed by atoms with E-state index in [0.29, 0.717) is 6.42 Å². The van der Waals surface area contributed by atoms with Gasteiger partial charge in [-0.05, 0) is 6.42 Å². The van der Waals surface area contributed by atoms with Crippen molar-refractivity contribution in [3.8, 4) is 0 Å². The molecule has 12 nitrogen and oxygen atoms in total. The average Bonchev–Trinajstić information content (AvgIpc) is 2.59. The normalized spacial score (nSPS) is 9.44. The second-order valence-electron chi connectivity index (χ2n) is 4.93. The molecule has 0 radical (unpaired) electrons. The Bertz CT molecular complexity index is 299. The maximum absolute atomic E-state index is 9.44. The third-order valence-electron chi connectivity index (χ3n) is 2.73. The zero-order chi connectivity index (χ0) is 22.3. The fraction of sp³-hybridized carbons (Fsp3) is 0.800. The molecule has 0 heterocycles. The Balaban J connectivity index is -0.000000133. The molecule has 0 unspecified atom stereocenters. The molecule has 0 fully saturated rings. The highest BCUT2D eigenvalue weighted by Gasteiger charge is 2.24. The van der Waals surface area contributed by atoms with E-state index in [1.165, 1.54) is 0 Å². The molecule has 164 valence electrons. The molecular formula is C15H32O12. The molecule has 0 aliphatic rings. The molecule has 9 N–H and O–H groups in total. The maximum atomic E-state index is 9.44. The summed E-state index contributed by atoms with van der Waals surface area (Å²) in [5, 5.41) is 72.8. The van der Waals surface area contributed by atoms with Crippen molar-refractivity contribution in [1.82, 2.24) is 0 Å². The minimum atomic E-state index is -0.961. The molecule has 0 spiro atoms. The van der Waals surface area contributed by atoms with Gasteiger partial charge in [0.2, 0.25) is 0 Å². The van der Waals surface area contributed by atoms with E-state index in [9.17, 15) is 14.4 Å². The van der Waals surface area contributed by atoms with Gasteiger partial charge in [0.1, 0.15) is 0 Å². The van der Waals surface area contributed by atoms with Gasteiger partial charge in [-0.15, -0.1) is 0 Å². The zero-order valence-corrected chi connectivity index (χ0v) is 15.3. The minimum Gasteiger partial charge on any atom is -0.481 e. The quantitative estimate of drug-likeness (QED) is 0.187. The highest BCUT2D eigenvalue weighted by Crippen LogP contribution is 2.18. The van der Waals surface area contributed by atoms with Crippen LogP contribution in [-0.2, 0) is 14.4 Å². The lowest BCUT2D eigenvalue weighted by Gasteiger charge is -2.24. The van der Waals surface area contributed by atoms with Gasteiger partial charge in [0.05, 0.1) is 58.9 Å². The van der Waals surface area contributed by atoms with Crippen LogP contribution >= 0.6 is 0 Å². The molecule has 0 aromatic carbocycles. The Hall–Kier alpha value is -1.83. The van der Waals surface area contributed by atoms with Crippen LogP contribution in [0.15, 0.2) is 0 Å². The van der Waals surface area contributed by atoms with E-state index in [0.717, 1.165) is 0 Å². The predicted octanol–water partition coefficient (Wildman–Crippen LogP) is -2.28. The van der Waals surface area contributed by atoms with Crippen LogP contribution < -0.4 is 0 Å². The van der Waals surface area contributed by atoms with Gasteiger partial charge < -0.3 is 46.0 Å². The Morgan fingerprint density at radius 3 is 0.815 bits per heavy atom. The number of hydrogen-bond acceptors (Lipinski definition) is 9. The topological polar surface area (TPSA) is 233 Å². The molecular weight excluding hydrogens is 372 g/mol. The number of aliphatic hydroxyl groups is 6. The standard InChI is InChI=1S/C6H14O3.3C3H6O3/c1-2-6(3-7,4-8)5-9;3*4-2-1-3(5)6/h7-9H,2-5H2,1H3;3*4H,1-2H2,(H,5,6). The summed E-state index contributed by atoms with van der Waals surface area (Å²) >= 11 is 0. The molecule has 0 aromatic heterocycles. The van der Waals surface area contributed by atoms with Gasteiger partial charge >= 0.3 is 17.9 Å². The van der Waals surface area contributed by atoms with Crippen molar-refractivity contribution in [2.24, 2.45) is 5.41 Å². The van der Waals surface area contributed by atoms with Crippen molar-refractivity contribution in [2.75, 3.05) is 39.6 Å². The molecule has 0 rings (SSSR count). The van der Waals surface area contributed by atoms with Crippen LogP contribution in [-0.4, -0.2) is 104 Å². The first-order valence-electron chi connectivity index (χ1n) is 7.86. The molecule has 0 aliphatic carbocycles. The van der Waals surface area contributed by atoms with Crippen LogP contribution in [0.1, 0.15) is 32.6 Å². The fourth-order valence-electron chi connectivity index (χ4n) is 0.772. The summed E-state index contributed by atoms with van der Waals surface area (Å²) in [4.78, 5) is 28.3. The number of rotatable bonds is 10. The van der Waals surface area contributed by atoms with Crippen LogP contribution in [0.2, 0.25) is 0 Å². The molecule has 0 saturated heterocycles. The molecule has 0 bridgehead atoms.